The van der Waals surface area contributed by atoms with Gasteiger partial charge in [-0.3, -0.25) is 9.69 Å². The summed E-state index contributed by atoms with van der Waals surface area (Å²) in [7, 11) is -1.92. The normalized spacial score (nSPS) is 13.6. The lowest BCUT2D eigenvalue weighted by Gasteiger charge is -2.27. The molecule has 1 aliphatic heterocycles. The minimum atomic E-state index is -3.28. The summed E-state index contributed by atoms with van der Waals surface area (Å²) in [5.41, 5.74) is 3.91. The van der Waals surface area contributed by atoms with Crippen LogP contribution in [0, 0.1) is 11.3 Å². The summed E-state index contributed by atoms with van der Waals surface area (Å²) in [5.74, 6) is -0.385. The van der Waals surface area contributed by atoms with Gasteiger partial charge in [0.1, 0.15) is 11.9 Å². The molecule has 0 spiro atoms. The van der Waals surface area contributed by atoms with E-state index in [4.69, 9.17) is 4.74 Å². The highest BCUT2D eigenvalue weighted by Gasteiger charge is 2.25. The van der Waals surface area contributed by atoms with E-state index in [1.807, 2.05) is 18.2 Å². The van der Waals surface area contributed by atoms with Crippen molar-refractivity contribution in [1.82, 2.24) is 4.90 Å². The summed E-state index contributed by atoms with van der Waals surface area (Å²) < 4.78 is 28.1. The third-order valence-corrected chi connectivity index (χ3v) is 8.53. The number of carbonyl (C=O) groups is 2. The monoisotopic (exact) mass is 522 g/mol. The SMILES string of the molecule is COC(=O)c1cccc(CN2CCc3c(sc(CC(=O)Cc4ccc(S(C)(=O)=O)cc4)c3C#N)C2)c1. The molecule has 0 aliphatic carbocycles. The predicted octanol–water partition coefficient (Wildman–Crippen LogP) is 3.72. The Balaban J connectivity index is 1.44. The molecule has 3 aromatic rings. The maximum absolute atomic E-state index is 12.8. The number of nitrogens with zero attached hydrogens (tertiary/aromatic N) is 2. The fraction of sp³-hybridized carbons (Fsp3) is 0.296. The van der Waals surface area contributed by atoms with Gasteiger partial charge in [-0.25, -0.2) is 13.2 Å². The zero-order chi connectivity index (χ0) is 25.9. The van der Waals surface area contributed by atoms with Crippen molar-refractivity contribution in [2.75, 3.05) is 19.9 Å². The van der Waals surface area contributed by atoms with Crippen molar-refractivity contribution in [2.24, 2.45) is 0 Å². The van der Waals surface area contributed by atoms with Gasteiger partial charge in [-0.2, -0.15) is 5.26 Å². The molecular weight excluding hydrogens is 496 g/mol. The summed E-state index contributed by atoms with van der Waals surface area (Å²) in [6.07, 6.45) is 2.23. The molecule has 1 aromatic heterocycles. The Kier molecular flexibility index (Phi) is 7.69. The van der Waals surface area contributed by atoms with Crippen LogP contribution in [0.1, 0.15) is 42.4 Å². The number of esters is 1. The number of nitriles is 1. The lowest BCUT2D eigenvalue weighted by molar-refractivity contribution is -0.117. The molecule has 0 atom stereocenters. The fourth-order valence-corrected chi connectivity index (χ4v) is 6.41. The van der Waals surface area contributed by atoms with Crippen molar-refractivity contribution in [2.45, 2.75) is 37.2 Å². The minimum absolute atomic E-state index is 0.0197. The predicted molar refractivity (Wildman–Crippen MR) is 137 cm³/mol. The molecule has 0 fully saturated rings. The standard InChI is InChI=1S/C27H26N2O5S2/c1-34-27(31)20-5-3-4-19(12-20)16-29-11-10-23-24(15-28)25(35-26(23)17-29)14-21(30)13-18-6-8-22(9-7-18)36(2,32)33/h3-9,12H,10-11,13-14,16-17H2,1-2H3. The smallest absolute Gasteiger partial charge is 0.337 e. The summed E-state index contributed by atoms with van der Waals surface area (Å²) in [6, 6.07) is 16.0. The third-order valence-electron chi connectivity index (χ3n) is 6.19. The summed E-state index contributed by atoms with van der Waals surface area (Å²) >= 11 is 1.52. The molecule has 0 N–H and O–H groups in total. The van der Waals surface area contributed by atoms with E-state index in [1.54, 1.807) is 18.2 Å². The van der Waals surface area contributed by atoms with Crippen molar-refractivity contribution in [1.29, 1.82) is 5.26 Å². The quantitative estimate of drug-likeness (QED) is 0.415. The Morgan fingerprint density at radius 1 is 1.11 bits per heavy atom. The van der Waals surface area contributed by atoms with Crippen LogP contribution < -0.4 is 0 Å². The zero-order valence-corrected chi connectivity index (χ0v) is 21.7. The average Bonchev–Trinajstić information content (AvgIpc) is 3.19. The molecule has 2 aromatic carbocycles. The first-order valence-corrected chi connectivity index (χ1v) is 14.1. The second-order valence-electron chi connectivity index (χ2n) is 8.87. The molecule has 7 nitrogen and oxygen atoms in total. The van der Waals surface area contributed by atoms with Crippen LogP contribution in [-0.2, 0) is 51.7 Å². The Hall–Kier alpha value is -3.32. The van der Waals surface area contributed by atoms with E-state index in [0.717, 1.165) is 45.7 Å². The molecule has 9 heteroatoms. The highest BCUT2D eigenvalue weighted by atomic mass is 32.2. The van der Waals surface area contributed by atoms with Crippen molar-refractivity contribution in [3.05, 3.63) is 86.1 Å². The molecule has 0 saturated carbocycles. The second-order valence-corrected chi connectivity index (χ2v) is 12.1. The molecule has 0 radical (unpaired) electrons. The van der Waals surface area contributed by atoms with Crippen LogP contribution in [0.15, 0.2) is 53.4 Å². The zero-order valence-electron chi connectivity index (χ0n) is 20.1. The van der Waals surface area contributed by atoms with Gasteiger partial charge in [0, 0.05) is 48.5 Å². The molecule has 0 bridgehead atoms. The van der Waals surface area contributed by atoms with Crippen molar-refractivity contribution >= 4 is 32.9 Å². The number of sulfone groups is 1. The maximum Gasteiger partial charge on any atom is 0.337 e. The van der Waals surface area contributed by atoms with Crippen molar-refractivity contribution in [3.63, 3.8) is 0 Å². The Morgan fingerprint density at radius 2 is 1.86 bits per heavy atom. The first kappa shape index (κ1) is 25.8. The number of ether oxygens (including phenoxy) is 1. The van der Waals surface area contributed by atoms with Gasteiger partial charge in [-0.05, 0) is 47.4 Å². The van der Waals surface area contributed by atoms with Gasteiger partial charge < -0.3 is 4.74 Å². The van der Waals surface area contributed by atoms with E-state index in [1.165, 1.54) is 30.6 Å². The number of carbonyl (C=O) groups excluding carboxylic acids is 2. The van der Waals surface area contributed by atoms with Gasteiger partial charge in [0.2, 0.25) is 0 Å². The van der Waals surface area contributed by atoms with Gasteiger partial charge in [0.05, 0.1) is 23.1 Å². The third kappa shape index (κ3) is 5.90. The molecular formula is C27H26N2O5S2. The average molecular weight is 523 g/mol. The minimum Gasteiger partial charge on any atom is -0.465 e. The summed E-state index contributed by atoms with van der Waals surface area (Å²) in [5, 5.41) is 9.81. The van der Waals surface area contributed by atoms with E-state index in [-0.39, 0.29) is 29.5 Å². The van der Waals surface area contributed by atoms with Gasteiger partial charge in [0.15, 0.2) is 9.84 Å². The highest BCUT2D eigenvalue weighted by molar-refractivity contribution is 7.90. The molecule has 4 rings (SSSR count). The number of thiophene rings is 1. The molecule has 1 aliphatic rings. The molecule has 2 heterocycles. The number of rotatable bonds is 8. The number of Topliss-reactive ketones (excluding diaryl/α,β-unsaturated/α-hetero) is 1. The number of hydrogen-bond acceptors (Lipinski definition) is 8. The van der Waals surface area contributed by atoms with Gasteiger partial charge in [0.25, 0.3) is 0 Å². The van der Waals surface area contributed by atoms with E-state index in [9.17, 15) is 23.3 Å². The maximum atomic E-state index is 12.8. The first-order chi connectivity index (χ1) is 17.2. The van der Waals surface area contributed by atoms with Crippen LogP contribution in [0.2, 0.25) is 0 Å². The van der Waals surface area contributed by atoms with E-state index in [2.05, 4.69) is 11.0 Å². The van der Waals surface area contributed by atoms with Gasteiger partial charge in [-0.15, -0.1) is 11.3 Å². The van der Waals surface area contributed by atoms with E-state index in [0.29, 0.717) is 24.2 Å². The number of hydrogen-bond donors (Lipinski definition) is 0. The van der Waals surface area contributed by atoms with Crippen molar-refractivity contribution < 1.29 is 22.7 Å². The summed E-state index contributed by atoms with van der Waals surface area (Å²) in [6.45, 7) is 2.13. The lowest BCUT2D eigenvalue weighted by atomic mass is 9.99. The van der Waals surface area contributed by atoms with Crippen LogP contribution in [-0.4, -0.2) is 45.0 Å². The van der Waals surface area contributed by atoms with Crippen LogP contribution in [0.25, 0.3) is 0 Å². The second kappa shape index (κ2) is 10.7. The largest absolute Gasteiger partial charge is 0.465 e. The summed E-state index contributed by atoms with van der Waals surface area (Å²) in [4.78, 5) is 29.0. The first-order valence-electron chi connectivity index (χ1n) is 11.4. The number of fused-ring (bicyclic) bond motifs is 1. The number of benzene rings is 2. The molecule has 186 valence electrons. The van der Waals surface area contributed by atoms with Crippen molar-refractivity contribution in [3.8, 4) is 6.07 Å². The number of ketones is 1. The lowest BCUT2D eigenvalue weighted by Crippen LogP contribution is -2.29. The van der Waals surface area contributed by atoms with E-state index < -0.39 is 9.84 Å². The number of methoxy groups -OCH3 is 1. The molecule has 0 saturated heterocycles. The van der Waals surface area contributed by atoms with Crippen LogP contribution in [0.3, 0.4) is 0 Å². The van der Waals surface area contributed by atoms with E-state index >= 15 is 0 Å². The van der Waals surface area contributed by atoms with Gasteiger partial charge in [-0.1, -0.05) is 24.3 Å². The van der Waals surface area contributed by atoms with Crippen LogP contribution in [0.5, 0.6) is 0 Å². The Bertz CT molecular complexity index is 1450. The Morgan fingerprint density at radius 3 is 2.53 bits per heavy atom. The van der Waals surface area contributed by atoms with Crippen LogP contribution >= 0.6 is 11.3 Å². The molecule has 0 unspecified atom stereocenters. The Labute approximate surface area is 214 Å². The fourth-order valence-electron chi connectivity index (χ4n) is 4.40. The highest BCUT2D eigenvalue weighted by Crippen LogP contribution is 2.34. The molecule has 0 amide bonds. The van der Waals surface area contributed by atoms with Gasteiger partial charge >= 0.3 is 5.97 Å². The van der Waals surface area contributed by atoms with Crippen LogP contribution in [0.4, 0.5) is 0 Å². The molecule has 36 heavy (non-hydrogen) atoms. The topological polar surface area (TPSA) is 105 Å².